The number of nitrogens with zero attached hydrogens (tertiary/aromatic N) is 4. The molecule has 4 rings (SSSR count). The van der Waals surface area contributed by atoms with Gasteiger partial charge in [-0.1, -0.05) is 68.2 Å². The predicted octanol–water partition coefficient (Wildman–Crippen LogP) is 7.99. The Kier molecular flexibility index (Phi) is 10.8. The van der Waals surface area contributed by atoms with Crippen molar-refractivity contribution in [3.05, 3.63) is 62.7 Å². The molecule has 218 valence electrons. The van der Waals surface area contributed by atoms with Crippen LogP contribution in [0.3, 0.4) is 0 Å². The van der Waals surface area contributed by atoms with E-state index in [9.17, 15) is 10.1 Å². The zero-order chi connectivity index (χ0) is 29.6. The van der Waals surface area contributed by atoms with E-state index in [0.29, 0.717) is 63.4 Å². The van der Waals surface area contributed by atoms with Crippen LogP contribution in [0.1, 0.15) is 61.9 Å². The summed E-state index contributed by atoms with van der Waals surface area (Å²) in [7, 11) is 0. The second-order valence-electron chi connectivity index (χ2n) is 10.8. The van der Waals surface area contributed by atoms with E-state index in [1.165, 1.54) is 16.6 Å². The Morgan fingerprint density at radius 3 is 2.90 bits per heavy atom. The number of halogens is 2. The number of nitrogens with one attached hydrogen (secondary N) is 1. The molecule has 0 fully saturated rings. The van der Waals surface area contributed by atoms with Crippen LogP contribution >= 0.6 is 46.3 Å². The van der Waals surface area contributed by atoms with Crippen molar-refractivity contribution < 1.29 is 9.53 Å². The molecule has 1 atom stereocenters. The molecule has 1 N–H and O–H groups in total. The fourth-order valence-electron chi connectivity index (χ4n) is 4.97. The molecule has 7 nitrogen and oxygen atoms in total. The summed E-state index contributed by atoms with van der Waals surface area (Å²) in [5.74, 6) is 1.95. The van der Waals surface area contributed by atoms with E-state index in [2.05, 4.69) is 48.9 Å². The van der Waals surface area contributed by atoms with Gasteiger partial charge < -0.3 is 14.6 Å². The van der Waals surface area contributed by atoms with Gasteiger partial charge in [0, 0.05) is 22.9 Å². The summed E-state index contributed by atoms with van der Waals surface area (Å²) in [6.07, 6.45) is 7.17. The number of anilines is 1. The number of rotatable bonds is 13. The van der Waals surface area contributed by atoms with Crippen molar-refractivity contribution in [1.29, 1.82) is 5.26 Å². The van der Waals surface area contributed by atoms with Crippen LogP contribution in [0.2, 0.25) is 10.0 Å². The Labute approximate surface area is 260 Å². The number of aryl methyl sites for hydroxylation is 1. The summed E-state index contributed by atoms with van der Waals surface area (Å²) < 4.78 is 7.74. The summed E-state index contributed by atoms with van der Waals surface area (Å²) >= 11 is 15.0. The number of fused-ring (bicyclic) bond motifs is 1. The first kappa shape index (κ1) is 31.4. The first-order valence-corrected chi connectivity index (χ1v) is 16.3. The lowest BCUT2D eigenvalue weighted by Crippen LogP contribution is -2.28. The Balaban J connectivity index is 1.34. The van der Waals surface area contributed by atoms with Crippen molar-refractivity contribution in [3.63, 3.8) is 0 Å². The molecule has 1 aromatic carbocycles. The Morgan fingerprint density at radius 2 is 2.20 bits per heavy atom. The van der Waals surface area contributed by atoms with Gasteiger partial charge in [-0.15, -0.1) is 28.1 Å². The second-order valence-corrected chi connectivity index (χ2v) is 13.7. The zero-order valence-electron chi connectivity index (χ0n) is 23.6. The van der Waals surface area contributed by atoms with Crippen LogP contribution in [0.15, 0.2) is 36.0 Å². The van der Waals surface area contributed by atoms with Crippen molar-refractivity contribution in [2.24, 2.45) is 11.3 Å². The monoisotopic (exact) mass is 631 g/mol. The maximum Gasteiger partial charge on any atom is 0.235 e. The summed E-state index contributed by atoms with van der Waals surface area (Å²) in [5, 5.41) is 23.9. The average molecular weight is 633 g/mol. The number of thioether (sulfide) groups is 1. The lowest BCUT2D eigenvalue weighted by atomic mass is 9.69. The van der Waals surface area contributed by atoms with Gasteiger partial charge in [0.1, 0.15) is 22.6 Å². The molecular formula is C30H35Cl2N5O2S2. The van der Waals surface area contributed by atoms with Crippen molar-refractivity contribution in [2.45, 2.75) is 71.0 Å². The fraction of sp³-hybridized carbons (Fsp3) is 0.467. The van der Waals surface area contributed by atoms with Gasteiger partial charge in [0.25, 0.3) is 0 Å². The molecule has 1 aliphatic rings. The predicted molar refractivity (Wildman–Crippen MR) is 168 cm³/mol. The standard InChI is InChI=1S/C30H35Cl2N5O2S2/c1-5-13-37-26(8-7-14-39-24-12-10-20(31)16-23(24)32)35-36-29(37)40-18-27(38)34-28-22(17-33)21-11-9-19(15-25(21)41-28)30(3,4)6-2/h5,10,12,16,19H,1,6-9,11,13-15,18H2,2-4H3,(H,34,38). The van der Waals surface area contributed by atoms with E-state index >= 15 is 0 Å². The SMILES string of the molecule is C=CCn1c(CCCOc2ccc(Cl)cc2Cl)nnc1SCC(=O)Nc1sc2c(c1C#N)CCC(C(C)(C)CC)C2. The molecule has 1 aliphatic carbocycles. The van der Waals surface area contributed by atoms with Crippen LogP contribution in [0.25, 0.3) is 0 Å². The highest BCUT2D eigenvalue weighted by Gasteiger charge is 2.34. The maximum atomic E-state index is 13.0. The topological polar surface area (TPSA) is 92.8 Å². The minimum absolute atomic E-state index is 0.159. The van der Waals surface area contributed by atoms with Crippen LogP contribution in [-0.2, 0) is 30.6 Å². The number of hydrogen-bond donors (Lipinski definition) is 1. The van der Waals surface area contributed by atoms with E-state index in [4.69, 9.17) is 27.9 Å². The normalized spacial score (nSPS) is 14.8. The van der Waals surface area contributed by atoms with Crippen molar-refractivity contribution in [2.75, 3.05) is 17.7 Å². The van der Waals surface area contributed by atoms with Gasteiger partial charge in [-0.2, -0.15) is 5.26 Å². The number of ether oxygens (including phenoxy) is 1. The zero-order valence-corrected chi connectivity index (χ0v) is 26.8. The largest absolute Gasteiger partial charge is 0.492 e. The number of nitriles is 1. The highest BCUT2D eigenvalue weighted by Crippen LogP contribution is 2.45. The second kappa shape index (κ2) is 14.1. The third-order valence-corrected chi connectivity index (χ3v) is 10.4. The Morgan fingerprint density at radius 1 is 1.39 bits per heavy atom. The quantitative estimate of drug-likeness (QED) is 0.117. The van der Waals surface area contributed by atoms with Gasteiger partial charge in [-0.05, 0) is 60.8 Å². The van der Waals surface area contributed by atoms with Gasteiger partial charge in [0.05, 0.1) is 22.9 Å². The molecule has 0 saturated heterocycles. The number of carbonyl (C=O) groups excluding carboxylic acids is 1. The molecule has 0 saturated carbocycles. The smallest absolute Gasteiger partial charge is 0.235 e. The molecule has 2 aromatic heterocycles. The number of benzene rings is 1. The molecule has 1 unspecified atom stereocenters. The molecule has 0 radical (unpaired) electrons. The molecule has 0 bridgehead atoms. The summed E-state index contributed by atoms with van der Waals surface area (Å²) in [6, 6.07) is 7.48. The Bertz CT molecular complexity index is 1440. The summed E-state index contributed by atoms with van der Waals surface area (Å²) in [4.78, 5) is 14.2. The number of amides is 1. The molecule has 41 heavy (non-hydrogen) atoms. The minimum Gasteiger partial charge on any atom is -0.492 e. The van der Waals surface area contributed by atoms with Gasteiger partial charge in [-0.3, -0.25) is 4.79 Å². The number of allylic oxidation sites excluding steroid dienone is 1. The molecule has 11 heteroatoms. The highest BCUT2D eigenvalue weighted by atomic mass is 35.5. The van der Waals surface area contributed by atoms with Crippen LogP contribution < -0.4 is 10.1 Å². The summed E-state index contributed by atoms with van der Waals surface area (Å²) in [6.45, 7) is 11.7. The van der Waals surface area contributed by atoms with Crippen molar-refractivity contribution in [3.8, 4) is 11.8 Å². The summed E-state index contributed by atoms with van der Waals surface area (Å²) in [5.41, 5.74) is 1.99. The first-order valence-electron chi connectivity index (χ1n) is 13.7. The number of hydrogen-bond acceptors (Lipinski definition) is 7. The van der Waals surface area contributed by atoms with Crippen LogP contribution in [0, 0.1) is 22.7 Å². The molecule has 0 spiro atoms. The minimum atomic E-state index is -0.168. The molecule has 1 amide bonds. The van der Waals surface area contributed by atoms with E-state index < -0.39 is 0 Å². The number of aromatic nitrogens is 3. The average Bonchev–Trinajstić information content (AvgIpc) is 3.50. The molecule has 3 aromatic rings. The Hall–Kier alpha value is -2.51. The van der Waals surface area contributed by atoms with Gasteiger partial charge in [0.15, 0.2) is 5.16 Å². The fourth-order valence-corrected chi connectivity index (χ4v) is 7.49. The van der Waals surface area contributed by atoms with Crippen LogP contribution in [0.5, 0.6) is 5.75 Å². The van der Waals surface area contributed by atoms with E-state index in [-0.39, 0.29) is 17.1 Å². The lowest BCUT2D eigenvalue weighted by Gasteiger charge is -2.36. The molecular weight excluding hydrogens is 597 g/mol. The molecule has 2 heterocycles. The van der Waals surface area contributed by atoms with E-state index in [1.807, 2.05) is 4.57 Å². The maximum absolute atomic E-state index is 13.0. The van der Waals surface area contributed by atoms with Gasteiger partial charge in [0.2, 0.25) is 5.91 Å². The number of carbonyl (C=O) groups is 1. The third-order valence-electron chi connectivity index (χ3n) is 7.78. The first-order chi connectivity index (χ1) is 19.7. The van der Waals surface area contributed by atoms with Crippen LogP contribution in [0.4, 0.5) is 5.00 Å². The van der Waals surface area contributed by atoms with Gasteiger partial charge >= 0.3 is 0 Å². The van der Waals surface area contributed by atoms with Crippen LogP contribution in [-0.4, -0.2) is 33.0 Å². The lowest BCUT2D eigenvalue weighted by molar-refractivity contribution is -0.113. The molecule has 0 aliphatic heterocycles. The van der Waals surface area contributed by atoms with E-state index in [1.54, 1.807) is 35.6 Å². The highest BCUT2D eigenvalue weighted by molar-refractivity contribution is 7.99. The third kappa shape index (κ3) is 7.66. The number of thiophene rings is 1. The van der Waals surface area contributed by atoms with Crippen molar-refractivity contribution >= 4 is 57.2 Å². The van der Waals surface area contributed by atoms with E-state index in [0.717, 1.165) is 37.1 Å². The van der Waals surface area contributed by atoms with Gasteiger partial charge in [-0.25, -0.2) is 0 Å². The van der Waals surface area contributed by atoms with Crippen molar-refractivity contribution in [1.82, 2.24) is 14.8 Å².